The van der Waals surface area contributed by atoms with Crippen LogP contribution >= 0.6 is 11.6 Å². The molecule has 2 aromatic rings. The molecule has 0 radical (unpaired) electrons. The largest absolute Gasteiger partial charge is 0.321 e. The topological polar surface area (TPSA) is 76.1 Å². The van der Waals surface area contributed by atoms with E-state index < -0.39 is 9.84 Å². The summed E-state index contributed by atoms with van der Waals surface area (Å²) < 4.78 is 22.5. The molecule has 0 aliphatic heterocycles. The van der Waals surface area contributed by atoms with Crippen LogP contribution in [-0.2, 0) is 9.84 Å². The molecule has 2 rings (SSSR count). The van der Waals surface area contributed by atoms with E-state index in [2.05, 4.69) is 10.3 Å². The molecule has 1 aromatic heterocycles. The minimum atomic E-state index is -3.35. The van der Waals surface area contributed by atoms with Crippen molar-refractivity contribution in [3.63, 3.8) is 0 Å². The lowest BCUT2D eigenvalue weighted by atomic mass is 10.2. The van der Waals surface area contributed by atoms with Gasteiger partial charge in [-0.2, -0.15) is 0 Å². The van der Waals surface area contributed by atoms with Gasteiger partial charge in [-0.25, -0.2) is 13.4 Å². The first kappa shape index (κ1) is 14.5. The predicted molar refractivity (Wildman–Crippen MR) is 76.8 cm³/mol. The molecule has 0 bridgehead atoms. The third-order valence-corrected chi connectivity index (χ3v) is 3.82. The summed E-state index contributed by atoms with van der Waals surface area (Å²) in [5.74, 6) is -0.385. The maximum absolute atomic E-state index is 12.0. The van der Waals surface area contributed by atoms with Gasteiger partial charge in [0, 0.05) is 6.26 Å². The van der Waals surface area contributed by atoms with E-state index in [1.807, 2.05) is 0 Å². The van der Waals surface area contributed by atoms with Crippen LogP contribution in [0.4, 0.5) is 5.69 Å². The molecule has 1 aromatic carbocycles. The van der Waals surface area contributed by atoms with Gasteiger partial charge in [-0.15, -0.1) is 0 Å². The average Bonchev–Trinajstić information content (AvgIpc) is 2.38. The summed E-state index contributed by atoms with van der Waals surface area (Å²) in [6.45, 7) is 0. The average molecular weight is 311 g/mol. The molecule has 7 heteroatoms. The van der Waals surface area contributed by atoms with Crippen molar-refractivity contribution in [2.45, 2.75) is 5.03 Å². The number of hydrogen-bond donors (Lipinski definition) is 1. The van der Waals surface area contributed by atoms with Crippen molar-refractivity contribution in [1.29, 1.82) is 0 Å². The second-order valence-corrected chi connectivity index (χ2v) is 6.46. The number of aromatic nitrogens is 1. The Hall–Kier alpha value is -1.92. The number of pyridine rings is 1. The first-order valence-corrected chi connectivity index (χ1v) is 7.87. The number of nitrogens with one attached hydrogen (secondary N) is 1. The Kier molecular flexibility index (Phi) is 4.06. The number of amides is 1. The minimum absolute atomic E-state index is 0.0479. The monoisotopic (exact) mass is 310 g/mol. The van der Waals surface area contributed by atoms with Crippen molar-refractivity contribution in [2.24, 2.45) is 0 Å². The van der Waals surface area contributed by atoms with Crippen LogP contribution in [0.1, 0.15) is 10.4 Å². The van der Waals surface area contributed by atoms with Crippen molar-refractivity contribution < 1.29 is 13.2 Å². The molecule has 20 heavy (non-hydrogen) atoms. The molecule has 5 nitrogen and oxygen atoms in total. The van der Waals surface area contributed by atoms with Gasteiger partial charge in [-0.1, -0.05) is 23.7 Å². The second-order valence-electron chi connectivity index (χ2n) is 4.09. The quantitative estimate of drug-likeness (QED) is 0.944. The maximum atomic E-state index is 12.0. The summed E-state index contributed by atoms with van der Waals surface area (Å²) in [6, 6.07) is 9.43. The van der Waals surface area contributed by atoms with Crippen molar-refractivity contribution >= 4 is 33.0 Å². The number of carbonyl (C=O) groups is 1. The molecule has 1 amide bonds. The first-order valence-electron chi connectivity index (χ1n) is 5.60. The van der Waals surface area contributed by atoms with Gasteiger partial charge in [-0.3, -0.25) is 4.79 Å². The zero-order valence-electron chi connectivity index (χ0n) is 10.5. The highest BCUT2D eigenvalue weighted by Crippen LogP contribution is 2.17. The SMILES string of the molecule is CS(=O)(=O)c1ccc(NC(=O)c2ccccc2Cl)cn1. The molecule has 0 saturated carbocycles. The standard InChI is InChI=1S/C13H11ClN2O3S/c1-20(18,19)12-7-6-9(8-15-12)16-13(17)10-4-2-3-5-11(10)14/h2-8H,1H3,(H,16,17). The highest BCUT2D eigenvalue weighted by atomic mass is 35.5. The fraction of sp³-hybridized carbons (Fsp3) is 0.0769. The summed E-state index contributed by atoms with van der Waals surface area (Å²) in [5.41, 5.74) is 0.726. The zero-order valence-corrected chi connectivity index (χ0v) is 12.1. The van der Waals surface area contributed by atoms with Crippen LogP contribution in [0.15, 0.2) is 47.6 Å². The van der Waals surface area contributed by atoms with Crippen LogP contribution in [0.3, 0.4) is 0 Å². The lowest BCUT2D eigenvalue weighted by Crippen LogP contribution is -2.13. The van der Waals surface area contributed by atoms with Crippen molar-refractivity contribution in [3.05, 3.63) is 53.2 Å². The first-order chi connectivity index (χ1) is 9.38. The van der Waals surface area contributed by atoms with Crippen molar-refractivity contribution in [2.75, 3.05) is 11.6 Å². The Bertz CT molecular complexity index is 742. The van der Waals surface area contributed by atoms with Gasteiger partial charge in [0.15, 0.2) is 14.9 Å². The lowest BCUT2D eigenvalue weighted by Gasteiger charge is -2.06. The molecule has 1 heterocycles. The summed E-state index contributed by atoms with van der Waals surface area (Å²) >= 11 is 5.91. The highest BCUT2D eigenvalue weighted by molar-refractivity contribution is 7.90. The summed E-state index contributed by atoms with van der Waals surface area (Å²) in [4.78, 5) is 15.8. The van der Waals surface area contributed by atoms with Gasteiger partial charge >= 0.3 is 0 Å². The molecule has 104 valence electrons. The Morgan fingerprint density at radius 2 is 1.90 bits per heavy atom. The fourth-order valence-electron chi connectivity index (χ4n) is 1.52. The third-order valence-electron chi connectivity index (χ3n) is 2.49. The van der Waals surface area contributed by atoms with Gasteiger partial charge < -0.3 is 5.32 Å². The number of carbonyl (C=O) groups excluding carboxylic acids is 1. The van der Waals surface area contributed by atoms with Gasteiger partial charge in [0.1, 0.15) is 0 Å². The second kappa shape index (κ2) is 5.60. The van der Waals surface area contributed by atoms with Gasteiger partial charge in [0.2, 0.25) is 0 Å². The minimum Gasteiger partial charge on any atom is -0.321 e. The summed E-state index contributed by atoms with van der Waals surface area (Å²) in [6.07, 6.45) is 2.35. The van der Waals surface area contributed by atoms with E-state index in [4.69, 9.17) is 11.6 Å². The van der Waals surface area contributed by atoms with E-state index in [-0.39, 0.29) is 10.9 Å². The molecule has 0 fully saturated rings. The van der Waals surface area contributed by atoms with Gasteiger partial charge in [0.05, 0.1) is 22.5 Å². The number of halogens is 1. The smallest absolute Gasteiger partial charge is 0.257 e. The Balaban J connectivity index is 2.19. The van der Waals surface area contributed by atoms with Crippen LogP contribution in [0, 0.1) is 0 Å². The molecular formula is C13H11ClN2O3S. The normalized spacial score (nSPS) is 11.1. The number of hydrogen-bond acceptors (Lipinski definition) is 4. The number of sulfone groups is 1. The molecule has 0 atom stereocenters. The Morgan fingerprint density at radius 1 is 1.20 bits per heavy atom. The Morgan fingerprint density at radius 3 is 2.45 bits per heavy atom. The van der Waals surface area contributed by atoms with Gasteiger partial charge in [-0.05, 0) is 24.3 Å². The van der Waals surface area contributed by atoms with Crippen LogP contribution < -0.4 is 5.32 Å². The van der Waals surface area contributed by atoms with E-state index in [0.29, 0.717) is 16.3 Å². The molecule has 0 spiro atoms. The van der Waals surface area contributed by atoms with E-state index in [9.17, 15) is 13.2 Å². The fourth-order valence-corrected chi connectivity index (χ4v) is 2.30. The van der Waals surface area contributed by atoms with E-state index in [0.717, 1.165) is 6.26 Å². The van der Waals surface area contributed by atoms with Crippen molar-refractivity contribution in [1.82, 2.24) is 4.98 Å². The molecule has 0 aliphatic rings. The molecule has 1 N–H and O–H groups in total. The van der Waals surface area contributed by atoms with E-state index in [1.165, 1.54) is 18.3 Å². The maximum Gasteiger partial charge on any atom is 0.257 e. The van der Waals surface area contributed by atoms with Crippen LogP contribution in [-0.4, -0.2) is 25.6 Å². The van der Waals surface area contributed by atoms with Crippen LogP contribution in [0.25, 0.3) is 0 Å². The zero-order chi connectivity index (χ0) is 14.8. The molecule has 0 unspecified atom stereocenters. The molecule has 0 aliphatic carbocycles. The van der Waals surface area contributed by atoms with Crippen molar-refractivity contribution in [3.8, 4) is 0 Å². The third kappa shape index (κ3) is 3.34. The lowest BCUT2D eigenvalue weighted by molar-refractivity contribution is 0.102. The van der Waals surface area contributed by atoms with Crippen LogP contribution in [0.2, 0.25) is 5.02 Å². The number of anilines is 1. The predicted octanol–water partition coefficient (Wildman–Crippen LogP) is 2.39. The van der Waals surface area contributed by atoms with Gasteiger partial charge in [0.25, 0.3) is 5.91 Å². The molecule has 0 saturated heterocycles. The molecular weight excluding hydrogens is 300 g/mol. The highest BCUT2D eigenvalue weighted by Gasteiger charge is 2.11. The number of rotatable bonds is 3. The van der Waals surface area contributed by atoms with Crippen LogP contribution in [0.5, 0.6) is 0 Å². The van der Waals surface area contributed by atoms with E-state index in [1.54, 1.807) is 24.3 Å². The number of benzene rings is 1. The summed E-state index contributed by atoms with van der Waals surface area (Å²) in [7, 11) is -3.35. The van der Waals surface area contributed by atoms with E-state index >= 15 is 0 Å². The summed E-state index contributed by atoms with van der Waals surface area (Å²) in [5, 5.41) is 2.89. The number of nitrogens with zero attached hydrogens (tertiary/aromatic N) is 1. The Labute approximate surface area is 121 Å².